The van der Waals surface area contributed by atoms with Gasteiger partial charge in [-0.05, 0) is 0 Å². The molecule has 0 fully saturated rings. The van der Waals surface area contributed by atoms with Crippen LogP contribution in [0.5, 0.6) is 0 Å². The lowest BCUT2D eigenvalue weighted by atomic mass is 10.0. The van der Waals surface area contributed by atoms with Crippen LogP contribution >= 0.6 is 0 Å². The number of carbonyl (C=O) groups is 3. The Morgan fingerprint density at radius 2 is 1.67 bits per heavy atom. The topological polar surface area (TPSA) is 112 Å². The number of carboxylic acids is 2. The number of hydrogen-bond acceptors (Lipinski definition) is 4. The van der Waals surface area contributed by atoms with Crippen molar-refractivity contribution in [2.24, 2.45) is 5.92 Å². The SMILES string of the molecule is O=C(O)CC(=O)C(CO)C(=O)O. The van der Waals surface area contributed by atoms with Crippen molar-refractivity contribution in [3.63, 3.8) is 0 Å². The summed E-state index contributed by atoms with van der Waals surface area (Å²) in [6.45, 7) is -0.874. The minimum atomic E-state index is -1.62. The van der Waals surface area contributed by atoms with Gasteiger partial charge in [-0.3, -0.25) is 14.4 Å². The fourth-order valence-corrected chi connectivity index (χ4v) is 0.590. The highest BCUT2D eigenvalue weighted by Crippen LogP contribution is 2.00. The lowest BCUT2D eigenvalue weighted by Gasteiger charge is -2.04. The van der Waals surface area contributed by atoms with Gasteiger partial charge in [0, 0.05) is 0 Å². The standard InChI is InChI=1S/C6H8O6/c7-2-3(6(11)12)4(8)1-5(9)10/h3,7H,1-2H2,(H,9,10)(H,11,12). The Morgan fingerprint density at radius 1 is 1.17 bits per heavy atom. The summed E-state index contributed by atoms with van der Waals surface area (Å²) >= 11 is 0. The van der Waals surface area contributed by atoms with Crippen molar-refractivity contribution in [1.82, 2.24) is 0 Å². The molecule has 68 valence electrons. The van der Waals surface area contributed by atoms with Crippen LogP contribution in [0.2, 0.25) is 0 Å². The van der Waals surface area contributed by atoms with Crippen LogP contribution in [0.15, 0.2) is 0 Å². The molecule has 0 aliphatic heterocycles. The lowest BCUT2D eigenvalue weighted by molar-refractivity contribution is -0.149. The Morgan fingerprint density at radius 3 is 1.92 bits per heavy atom. The second kappa shape index (κ2) is 4.45. The number of aliphatic hydroxyl groups excluding tert-OH is 1. The van der Waals surface area contributed by atoms with Gasteiger partial charge in [-0.15, -0.1) is 0 Å². The molecule has 0 saturated heterocycles. The number of ketones is 1. The Balaban J connectivity index is 4.22. The number of hydrogen-bond donors (Lipinski definition) is 3. The normalized spacial score (nSPS) is 12.1. The van der Waals surface area contributed by atoms with Crippen LogP contribution in [0.4, 0.5) is 0 Å². The first-order chi connectivity index (χ1) is 5.49. The molecular weight excluding hydrogens is 168 g/mol. The van der Waals surface area contributed by atoms with Crippen LogP contribution in [0.1, 0.15) is 6.42 Å². The van der Waals surface area contributed by atoms with Gasteiger partial charge in [0.2, 0.25) is 0 Å². The van der Waals surface area contributed by atoms with Gasteiger partial charge in [-0.1, -0.05) is 0 Å². The van der Waals surface area contributed by atoms with Crippen molar-refractivity contribution in [1.29, 1.82) is 0 Å². The number of aliphatic carboxylic acids is 2. The first-order valence-corrected chi connectivity index (χ1v) is 3.07. The number of carbonyl (C=O) groups excluding carboxylic acids is 1. The Labute approximate surface area is 67.4 Å². The van der Waals surface area contributed by atoms with Crippen LogP contribution in [-0.2, 0) is 14.4 Å². The largest absolute Gasteiger partial charge is 0.481 e. The summed E-state index contributed by atoms with van der Waals surface area (Å²) in [7, 11) is 0. The molecule has 0 aliphatic rings. The minimum absolute atomic E-state index is 0.874. The van der Waals surface area contributed by atoms with E-state index in [1.165, 1.54) is 0 Å². The van der Waals surface area contributed by atoms with Gasteiger partial charge in [-0.2, -0.15) is 0 Å². The van der Waals surface area contributed by atoms with Gasteiger partial charge in [0.15, 0.2) is 5.78 Å². The van der Waals surface area contributed by atoms with E-state index in [1.807, 2.05) is 0 Å². The summed E-state index contributed by atoms with van der Waals surface area (Å²) in [5, 5.41) is 24.8. The van der Waals surface area contributed by atoms with E-state index in [1.54, 1.807) is 0 Å². The molecule has 0 rings (SSSR count). The van der Waals surface area contributed by atoms with Crippen LogP contribution < -0.4 is 0 Å². The van der Waals surface area contributed by atoms with Gasteiger partial charge in [0.25, 0.3) is 0 Å². The predicted molar refractivity (Wildman–Crippen MR) is 35.5 cm³/mol. The van der Waals surface area contributed by atoms with Gasteiger partial charge in [0.1, 0.15) is 12.3 Å². The summed E-state index contributed by atoms with van der Waals surface area (Å²) in [5.74, 6) is -5.54. The molecule has 0 aromatic heterocycles. The third-order valence-electron chi connectivity index (χ3n) is 1.19. The maximum atomic E-state index is 10.7. The van der Waals surface area contributed by atoms with Gasteiger partial charge < -0.3 is 15.3 Å². The van der Waals surface area contributed by atoms with E-state index in [4.69, 9.17) is 15.3 Å². The van der Waals surface area contributed by atoms with Gasteiger partial charge >= 0.3 is 11.9 Å². The summed E-state index contributed by atoms with van der Waals surface area (Å²) in [4.78, 5) is 30.8. The lowest BCUT2D eigenvalue weighted by Crippen LogP contribution is -2.28. The number of carboxylic acid groups (broad SMARTS) is 2. The number of rotatable bonds is 5. The van der Waals surface area contributed by atoms with E-state index in [-0.39, 0.29) is 0 Å². The van der Waals surface area contributed by atoms with E-state index in [9.17, 15) is 14.4 Å². The molecule has 6 heteroatoms. The highest BCUT2D eigenvalue weighted by Gasteiger charge is 2.26. The second-order valence-electron chi connectivity index (χ2n) is 2.11. The molecule has 0 aromatic rings. The second-order valence-corrected chi connectivity index (χ2v) is 2.11. The van der Waals surface area contributed by atoms with Gasteiger partial charge in [0.05, 0.1) is 6.61 Å². The predicted octanol–water partition coefficient (Wildman–Crippen LogP) is -1.28. The van der Waals surface area contributed by atoms with Crippen LogP contribution in [0, 0.1) is 5.92 Å². The zero-order valence-electron chi connectivity index (χ0n) is 6.06. The zero-order chi connectivity index (χ0) is 9.72. The fraction of sp³-hybridized carbons (Fsp3) is 0.500. The van der Waals surface area contributed by atoms with Crippen molar-refractivity contribution in [3.8, 4) is 0 Å². The quantitative estimate of drug-likeness (QED) is 0.450. The van der Waals surface area contributed by atoms with Crippen molar-refractivity contribution < 1.29 is 29.7 Å². The third kappa shape index (κ3) is 3.11. The van der Waals surface area contributed by atoms with E-state index < -0.39 is 36.7 Å². The molecular formula is C6H8O6. The van der Waals surface area contributed by atoms with E-state index >= 15 is 0 Å². The van der Waals surface area contributed by atoms with Crippen molar-refractivity contribution in [3.05, 3.63) is 0 Å². The molecule has 0 spiro atoms. The van der Waals surface area contributed by atoms with Gasteiger partial charge in [-0.25, -0.2) is 0 Å². The molecule has 1 atom stereocenters. The fourth-order valence-electron chi connectivity index (χ4n) is 0.590. The molecule has 0 aliphatic carbocycles. The molecule has 0 aromatic carbocycles. The first kappa shape index (κ1) is 10.6. The van der Waals surface area contributed by atoms with Crippen molar-refractivity contribution >= 4 is 17.7 Å². The van der Waals surface area contributed by atoms with Crippen LogP contribution in [-0.4, -0.2) is 39.6 Å². The highest BCUT2D eigenvalue weighted by atomic mass is 16.4. The molecule has 0 amide bonds. The van der Waals surface area contributed by atoms with Crippen molar-refractivity contribution in [2.45, 2.75) is 6.42 Å². The maximum absolute atomic E-state index is 10.7. The number of Topliss-reactive ketones (excluding diaryl/α,β-unsaturated/α-hetero) is 1. The third-order valence-corrected chi connectivity index (χ3v) is 1.19. The molecule has 12 heavy (non-hydrogen) atoms. The van der Waals surface area contributed by atoms with E-state index in [0.717, 1.165) is 0 Å². The summed E-state index contributed by atoms with van der Waals surface area (Å²) in [5.41, 5.74) is 0. The Bertz CT molecular complexity index is 208. The Kier molecular flexibility index (Phi) is 3.92. The van der Waals surface area contributed by atoms with Crippen LogP contribution in [0.3, 0.4) is 0 Å². The average molecular weight is 176 g/mol. The zero-order valence-corrected chi connectivity index (χ0v) is 6.06. The molecule has 1 unspecified atom stereocenters. The average Bonchev–Trinajstić information content (AvgIpc) is 1.85. The van der Waals surface area contributed by atoms with Crippen LogP contribution in [0.25, 0.3) is 0 Å². The Hall–Kier alpha value is -1.43. The smallest absolute Gasteiger partial charge is 0.316 e. The van der Waals surface area contributed by atoms with E-state index in [2.05, 4.69) is 0 Å². The first-order valence-electron chi connectivity index (χ1n) is 3.07. The number of aliphatic hydroxyl groups is 1. The van der Waals surface area contributed by atoms with E-state index in [0.29, 0.717) is 0 Å². The molecule has 0 saturated carbocycles. The summed E-state index contributed by atoms with van der Waals surface area (Å²) in [6, 6.07) is 0. The summed E-state index contributed by atoms with van der Waals surface area (Å²) < 4.78 is 0. The minimum Gasteiger partial charge on any atom is -0.481 e. The molecule has 6 nitrogen and oxygen atoms in total. The molecule has 0 bridgehead atoms. The molecule has 0 radical (unpaired) electrons. The molecule has 3 N–H and O–H groups in total. The summed E-state index contributed by atoms with van der Waals surface area (Å²) in [6.07, 6.45) is -0.877. The maximum Gasteiger partial charge on any atom is 0.316 e. The van der Waals surface area contributed by atoms with Crippen molar-refractivity contribution in [2.75, 3.05) is 6.61 Å². The highest BCUT2D eigenvalue weighted by molar-refractivity contribution is 6.05. The molecule has 0 heterocycles. The monoisotopic (exact) mass is 176 g/mol.